The fraction of sp³-hybridized carbons (Fsp3) is 0.267. The maximum absolute atomic E-state index is 13.8. The van der Waals surface area contributed by atoms with Gasteiger partial charge in [-0.15, -0.1) is 0 Å². The highest BCUT2D eigenvalue weighted by Gasteiger charge is 2.38. The Bertz CT molecular complexity index is 6030. The predicted molar refractivity (Wildman–Crippen MR) is 471 cm³/mol. The number of carbonyl (C=O) groups excluding carboxylic acids is 4. The highest BCUT2D eigenvalue weighted by molar-refractivity contribution is 6.07. The standard InChI is InChI=1S/3C22H21FN6O3.C22H22N6O3.2CH2O2/c2*1-2-31-16-8-15(9-16)29-12-18(21(28-29)17-7-14(23)5-6-24-17)27-22(30)20-4-3-19(32-20)13-10-25-26-11-13;1-2-31-15-8-14(9-15)29-12-17(21(28-29)16-4-3-5-20(23)26-16)27-22(30)19-7-6-18(32-19)13-10-24-25-11-13;1-2-30-16-9-15(10-16)28-13-18(21(27-28)17-5-3-4-8-23-17)26-22(29)20-7-6-19(31-20)14-11-24-25-12-14;2*2-1-3/h2*3-7,10-12,15-16H,2,8-9H2,1H3,(H,25,26)(H,27,30);3-7,10-12,14-15H,2,8-9H2,1H3,(H,24,25)(H,27,30);3-8,11-13,15-16H,2,9-10H2,1H3,(H,24,25)(H,26,29);2*1H,(H,2,3). The highest BCUT2D eigenvalue weighted by atomic mass is 19.1. The van der Waals surface area contributed by atoms with Gasteiger partial charge in [0, 0.05) is 107 Å². The summed E-state index contributed by atoms with van der Waals surface area (Å²) in [5.74, 6) is -0.464. The van der Waals surface area contributed by atoms with Gasteiger partial charge in [-0.3, -0.25) is 82.8 Å². The minimum Gasteiger partial charge on any atom is -0.483 e. The van der Waals surface area contributed by atoms with Crippen LogP contribution in [0, 0.1) is 17.6 Å². The number of hydrogen-bond acceptors (Lipinski definition) is 26. The van der Waals surface area contributed by atoms with Crippen LogP contribution in [0.1, 0.15) is 145 Å². The van der Waals surface area contributed by atoms with Gasteiger partial charge in [-0.1, -0.05) is 12.1 Å². The van der Waals surface area contributed by atoms with Crippen molar-refractivity contribution in [3.8, 4) is 90.8 Å². The van der Waals surface area contributed by atoms with E-state index < -0.39 is 35.3 Å². The lowest BCUT2D eigenvalue weighted by Gasteiger charge is -2.34. The van der Waals surface area contributed by atoms with Crippen molar-refractivity contribution in [2.45, 2.75) is 128 Å². The number of aromatic amines is 4. The maximum Gasteiger partial charge on any atom is 0.291 e. The number of carbonyl (C=O) groups is 6. The van der Waals surface area contributed by atoms with Gasteiger partial charge in [0.25, 0.3) is 36.6 Å². The van der Waals surface area contributed by atoms with Crippen LogP contribution in [0.2, 0.25) is 0 Å². The summed E-state index contributed by atoms with van der Waals surface area (Å²) in [6, 6.07) is 29.1. The van der Waals surface area contributed by atoms with Crippen LogP contribution in [0.3, 0.4) is 0 Å². The van der Waals surface area contributed by atoms with Gasteiger partial charge in [0.05, 0.1) is 141 Å². The van der Waals surface area contributed by atoms with Crippen LogP contribution in [0.4, 0.5) is 35.9 Å². The van der Waals surface area contributed by atoms with Crippen LogP contribution in [0.25, 0.3) is 90.8 Å². The van der Waals surface area contributed by atoms with Gasteiger partial charge in [-0.05, 0) is 164 Å². The number of furan rings is 4. The molecule has 16 aromatic rings. The predicted octanol–water partition coefficient (Wildman–Crippen LogP) is 15.5. The van der Waals surface area contributed by atoms with Crippen molar-refractivity contribution in [1.82, 2.24) is 99.8 Å². The smallest absolute Gasteiger partial charge is 0.291 e. The molecule has 0 aliphatic heterocycles. The average Bonchev–Trinajstić information content (AvgIpc) is 1.65. The lowest BCUT2D eigenvalue weighted by atomic mass is 9.89. The van der Waals surface area contributed by atoms with E-state index in [-0.39, 0.29) is 90.5 Å². The Morgan fingerprint density at radius 2 is 0.677 bits per heavy atom. The first kappa shape index (κ1) is 91.6. The van der Waals surface area contributed by atoms with Gasteiger partial charge in [0.1, 0.15) is 57.5 Å². The van der Waals surface area contributed by atoms with Crippen LogP contribution >= 0.6 is 0 Å². The molecule has 16 heterocycles. The van der Waals surface area contributed by atoms with Gasteiger partial charge in [-0.25, -0.2) is 13.8 Å². The number of halogens is 3. The summed E-state index contributed by atoms with van der Waals surface area (Å²) in [6.07, 6.45) is 32.3. The third-order valence-corrected chi connectivity index (χ3v) is 21.6. The van der Waals surface area contributed by atoms with Crippen molar-refractivity contribution in [3.05, 3.63) is 243 Å². The van der Waals surface area contributed by atoms with Crippen LogP contribution in [0.15, 0.2) is 220 Å². The molecular formula is C90H89F3N24O16. The van der Waals surface area contributed by atoms with Crippen LogP contribution in [-0.4, -0.2) is 197 Å². The third kappa shape index (κ3) is 22.6. The first-order valence-corrected chi connectivity index (χ1v) is 42.2. The normalized spacial score (nSPS) is 17.2. The largest absolute Gasteiger partial charge is 0.483 e. The van der Waals surface area contributed by atoms with Crippen molar-refractivity contribution in [3.63, 3.8) is 0 Å². The van der Waals surface area contributed by atoms with E-state index in [4.69, 9.17) is 61.5 Å². The Morgan fingerprint density at radius 1 is 0.391 bits per heavy atom. The molecule has 0 bridgehead atoms. The number of anilines is 4. The number of rotatable bonds is 28. The van der Waals surface area contributed by atoms with E-state index in [9.17, 15) is 32.3 Å². The number of nitrogens with one attached hydrogen (secondary N) is 8. The van der Waals surface area contributed by atoms with E-state index in [0.29, 0.717) is 118 Å². The molecule has 686 valence electrons. The summed E-state index contributed by atoms with van der Waals surface area (Å²) >= 11 is 0. The van der Waals surface area contributed by atoms with Crippen LogP contribution in [-0.2, 0) is 28.5 Å². The van der Waals surface area contributed by atoms with Gasteiger partial charge in [-0.2, -0.15) is 45.2 Å². The van der Waals surface area contributed by atoms with E-state index in [1.54, 1.807) is 149 Å². The average molecular weight is 1820 g/mol. The summed E-state index contributed by atoms with van der Waals surface area (Å²) in [5, 5.41) is 70.1. The maximum atomic E-state index is 13.8. The Labute approximate surface area is 753 Å². The van der Waals surface area contributed by atoms with Crippen LogP contribution < -0.4 is 21.3 Å². The molecule has 20 rings (SSSR count). The van der Waals surface area contributed by atoms with Crippen LogP contribution in [0.5, 0.6) is 0 Å². The molecular weight excluding hydrogens is 1730 g/mol. The molecule has 133 heavy (non-hydrogen) atoms. The molecule has 4 aliphatic rings. The van der Waals surface area contributed by atoms with E-state index in [2.05, 4.69) is 97.3 Å². The van der Waals surface area contributed by atoms with Crippen molar-refractivity contribution < 1.29 is 88.8 Å². The fourth-order valence-corrected chi connectivity index (χ4v) is 14.8. The number of H-pyrrole nitrogens is 4. The summed E-state index contributed by atoms with van der Waals surface area (Å²) in [6.45, 7) is 10.1. The number of nitrogens with zero attached hydrogens (tertiary/aromatic N) is 16. The zero-order chi connectivity index (χ0) is 92.9. The first-order chi connectivity index (χ1) is 64.8. The van der Waals surface area contributed by atoms with Gasteiger partial charge in [0.2, 0.25) is 5.95 Å². The summed E-state index contributed by atoms with van der Waals surface area (Å²) in [7, 11) is 0. The molecule has 43 heteroatoms. The van der Waals surface area contributed by atoms with Gasteiger partial charge >= 0.3 is 0 Å². The number of hydrogen-bond donors (Lipinski definition) is 10. The zero-order valence-corrected chi connectivity index (χ0v) is 71.7. The monoisotopic (exact) mass is 1820 g/mol. The van der Waals surface area contributed by atoms with Crippen molar-refractivity contribution in [2.24, 2.45) is 0 Å². The van der Waals surface area contributed by atoms with E-state index in [0.717, 1.165) is 73.6 Å². The summed E-state index contributed by atoms with van der Waals surface area (Å²) in [4.78, 5) is 85.0. The molecule has 0 radical (unpaired) electrons. The van der Waals surface area contributed by atoms with E-state index in [1.807, 2.05) is 56.8 Å². The van der Waals surface area contributed by atoms with Gasteiger partial charge in [0.15, 0.2) is 23.0 Å². The van der Waals surface area contributed by atoms with E-state index in [1.165, 1.54) is 42.7 Å². The number of amides is 4. The second-order valence-electron chi connectivity index (χ2n) is 30.2. The first-order valence-electron chi connectivity index (χ1n) is 42.2. The second-order valence-corrected chi connectivity index (χ2v) is 30.2. The number of ether oxygens (including phenoxy) is 4. The molecule has 4 amide bonds. The van der Waals surface area contributed by atoms with E-state index >= 15 is 0 Å². The molecule has 16 aromatic heterocycles. The third-order valence-electron chi connectivity index (χ3n) is 21.6. The molecule has 0 saturated heterocycles. The molecule has 0 aromatic carbocycles. The topological polar surface area (TPSA) is 518 Å². The lowest BCUT2D eigenvalue weighted by Crippen LogP contribution is -2.33. The SMILES string of the molecule is CCOC1CC(n2cc(NC(=O)c3ccc(-c4cn[nH]c4)o3)c(-c3cc(F)ccn3)n2)C1.CCOC1CC(n2cc(NC(=O)c3ccc(-c4cn[nH]c4)o3)c(-c3cc(F)ccn3)n2)C1.CCOC1CC(n2cc(NC(=O)c3ccc(-c4cn[nH]c4)o3)c(-c3cccc(F)n3)n2)C1.CCOC1CC(n2cc(NC(=O)c3ccc(-c4cn[nH]c4)o3)c(-c3ccccn3)n2)C1.O=CO.O=CO. The van der Waals surface area contributed by atoms with Crippen molar-refractivity contribution >= 4 is 59.3 Å². The zero-order valence-electron chi connectivity index (χ0n) is 71.7. The van der Waals surface area contributed by atoms with Crippen molar-refractivity contribution in [1.29, 1.82) is 0 Å². The highest BCUT2D eigenvalue weighted by Crippen LogP contribution is 2.43. The molecule has 0 atom stereocenters. The molecule has 4 fully saturated rings. The molecule has 4 aliphatic carbocycles. The number of pyridine rings is 4. The number of aromatic nitrogens is 20. The lowest BCUT2D eigenvalue weighted by molar-refractivity contribution is -0.123. The minimum absolute atomic E-state index is 0.132. The summed E-state index contributed by atoms with van der Waals surface area (Å²) < 4.78 is 93.9. The Balaban J connectivity index is 0.000000133. The Hall–Kier alpha value is -16.2. The Kier molecular flexibility index (Phi) is 29.8. The fourth-order valence-electron chi connectivity index (χ4n) is 14.8. The quantitative estimate of drug-likeness (QED) is 0.0161. The molecule has 4 saturated carbocycles. The Morgan fingerprint density at radius 3 is 0.940 bits per heavy atom. The summed E-state index contributed by atoms with van der Waals surface area (Å²) in [5.41, 5.74) is 8.30. The number of carboxylic acid groups (broad SMARTS) is 2. The minimum atomic E-state index is -0.620. The molecule has 10 N–H and O–H groups in total. The molecule has 40 nitrogen and oxygen atoms in total. The van der Waals surface area contributed by atoms with Crippen molar-refractivity contribution in [2.75, 3.05) is 47.7 Å². The van der Waals surface area contributed by atoms with Gasteiger partial charge < -0.3 is 68.1 Å². The molecule has 0 spiro atoms. The second kappa shape index (κ2) is 43.3. The molecule has 0 unspecified atom stereocenters.